The van der Waals surface area contributed by atoms with Gasteiger partial charge in [0.1, 0.15) is 23.9 Å². The highest BCUT2D eigenvalue weighted by Crippen LogP contribution is 2.15. The Bertz CT molecular complexity index is 667. The largest absolute Gasteiger partial charge is 0.477 e. The number of aromatic carboxylic acids is 1. The van der Waals surface area contributed by atoms with E-state index in [1.807, 2.05) is 0 Å². The second-order valence-corrected chi connectivity index (χ2v) is 4.00. The summed E-state index contributed by atoms with van der Waals surface area (Å²) in [4.78, 5) is 22.6. The number of hydrogen-bond donors (Lipinski definition) is 2. The third kappa shape index (κ3) is 3.00. The van der Waals surface area contributed by atoms with Crippen LogP contribution in [0.1, 0.15) is 10.5 Å². The van der Waals surface area contributed by atoms with Crippen molar-refractivity contribution in [1.29, 1.82) is 0 Å². The highest BCUT2D eigenvalue weighted by atomic mass is 19.1. The lowest BCUT2D eigenvalue weighted by atomic mass is 10.3. The number of carbonyl (C=O) groups is 2. The van der Waals surface area contributed by atoms with E-state index in [0.717, 1.165) is 12.1 Å². The molecule has 1 amide bonds. The summed E-state index contributed by atoms with van der Waals surface area (Å²) in [5, 5.41) is 11.1. The molecule has 0 bridgehead atoms. The zero-order chi connectivity index (χ0) is 14.7. The van der Waals surface area contributed by atoms with Gasteiger partial charge in [0, 0.05) is 12.3 Å². The number of benzene rings is 1. The molecule has 0 fully saturated rings. The summed E-state index contributed by atoms with van der Waals surface area (Å²) in [6.07, 6.45) is 1.42. The lowest BCUT2D eigenvalue weighted by Crippen LogP contribution is -2.21. The normalized spacial score (nSPS) is 10.3. The van der Waals surface area contributed by atoms with Crippen molar-refractivity contribution in [2.45, 2.75) is 6.54 Å². The van der Waals surface area contributed by atoms with Gasteiger partial charge in [-0.15, -0.1) is 0 Å². The topological polar surface area (TPSA) is 71.3 Å². The third-order valence-corrected chi connectivity index (χ3v) is 2.57. The number of nitrogens with zero attached hydrogens (tertiary/aromatic N) is 1. The number of carboxylic acid groups (broad SMARTS) is 1. The zero-order valence-corrected chi connectivity index (χ0v) is 10.1. The summed E-state index contributed by atoms with van der Waals surface area (Å²) in [7, 11) is 0. The van der Waals surface area contributed by atoms with E-state index in [4.69, 9.17) is 5.11 Å². The van der Waals surface area contributed by atoms with Crippen molar-refractivity contribution in [3.05, 3.63) is 53.9 Å². The fraction of sp³-hybridized carbons (Fsp3) is 0.0769. The number of halogens is 2. The Morgan fingerprint density at radius 3 is 2.65 bits per heavy atom. The quantitative estimate of drug-likeness (QED) is 0.901. The monoisotopic (exact) mass is 280 g/mol. The van der Waals surface area contributed by atoms with Crippen molar-refractivity contribution < 1.29 is 23.5 Å². The third-order valence-electron chi connectivity index (χ3n) is 2.57. The Balaban J connectivity index is 2.09. The van der Waals surface area contributed by atoms with Gasteiger partial charge >= 0.3 is 5.97 Å². The van der Waals surface area contributed by atoms with Crippen molar-refractivity contribution >= 4 is 17.6 Å². The molecule has 1 aromatic heterocycles. The Kier molecular flexibility index (Phi) is 3.79. The molecule has 1 heterocycles. The van der Waals surface area contributed by atoms with Crippen LogP contribution in [0.2, 0.25) is 0 Å². The Morgan fingerprint density at radius 1 is 1.25 bits per heavy atom. The van der Waals surface area contributed by atoms with Crippen LogP contribution in [-0.4, -0.2) is 21.6 Å². The number of rotatable bonds is 4. The molecular formula is C13H10F2N2O3. The molecule has 104 valence electrons. The number of amides is 1. The molecule has 2 rings (SSSR count). The van der Waals surface area contributed by atoms with Gasteiger partial charge in [0.25, 0.3) is 0 Å². The van der Waals surface area contributed by atoms with Crippen LogP contribution in [0.4, 0.5) is 14.5 Å². The maximum absolute atomic E-state index is 13.3. The number of hydrogen-bond acceptors (Lipinski definition) is 2. The molecule has 2 aromatic rings. The van der Waals surface area contributed by atoms with Crippen LogP contribution in [0, 0.1) is 11.6 Å². The van der Waals surface area contributed by atoms with Gasteiger partial charge in [0.2, 0.25) is 5.91 Å². The Morgan fingerprint density at radius 2 is 2.00 bits per heavy atom. The molecule has 5 nitrogen and oxygen atoms in total. The van der Waals surface area contributed by atoms with E-state index in [2.05, 4.69) is 5.32 Å². The fourth-order valence-electron chi connectivity index (χ4n) is 1.68. The van der Waals surface area contributed by atoms with Gasteiger partial charge in [-0.2, -0.15) is 0 Å². The number of anilines is 1. The SMILES string of the molecule is O=C(Cn1cccc1C(=O)O)Nc1ccc(F)cc1F. The van der Waals surface area contributed by atoms with Crippen molar-refractivity contribution in [3.8, 4) is 0 Å². The van der Waals surface area contributed by atoms with Crippen LogP contribution in [0.3, 0.4) is 0 Å². The molecular weight excluding hydrogens is 270 g/mol. The summed E-state index contributed by atoms with van der Waals surface area (Å²) >= 11 is 0. The minimum Gasteiger partial charge on any atom is -0.477 e. The molecule has 0 aliphatic carbocycles. The first-order valence-electron chi connectivity index (χ1n) is 5.60. The highest BCUT2D eigenvalue weighted by molar-refractivity contribution is 5.92. The molecule has 0 saturated heterocycles. The lowest BCUT2D eigenvalue weighted by molar-refractivity contribution is -0.116. The highest BCUT2D eigenvalue weighted by Gasteiger charge is 2.13. The van der Waals surface area contributed by atoms with E-state index in [-0.39, 0.29) is 17.9 Å². The minimum absolute atomic E-state index is 0.0558. The second-order valence-electron chi connectivity index (χ2n) is 4.00. The molecule has 0 atom stereocenters. The van der Waals surface area contributed by atoms with Gasteiger partial charge < -0.3 is 15.0 Å². The first kappa shape index (κ1) is 13.7. The zero-order valence-electron chi connectivity index (χ0n) is 10.1. The van der Waals surface area contributed by atoms with E-state index < -0.39 is 23.5 Å². The van der Waals surface area contributed by atoms with E-state index in [1.54, 1.807) is 0 Å². The van der Waals surface area contributed by atoms with Gasteiger partial charge in [-0.05, 0) is 24.3 Å². The van der Waals surface area contributed by atoms with Crippen molar-refractivity contribution in [1.82, 2.24) is 4.57 Å². The molecule has 0 saturated carbocycles. The summed E-state index contributed by atoms with van der Waals surface area (Å²) in [6, 6.07) is 5.57. The first-order valence-corrected chi connectivity index (χ1v) is 5.60. The van der Waals surface area contributed by atoms with Gasteiger partial charge in [-0.25, -0.2) is 13.6 Å². The molecule has 1 aromatic carbocycles. The first-order chi connectivity index (χ1) is 9.47. The smallest absolute Gasteiger partial charge is 0.352 e. The van der Waals surface area contributed by atoms with E-state index >= 15 is 0 Å². The predicted octanol–water partition coefficient (Wildman–Crippen LogP) is 2.10. The maximum Gasteiger partial charge on any atom is 0.352 e. The molecule has 7 heteroatoms. The van der Waals surface area contributed by atoms with E-state index in [0.29, 0.717) is 6.07 Å². The van der Waals surface area contributed by atoms with Crippen LogP contribution in [0.5, 0.6) is 0 Å². The molecule has 2 N–H and O–H groups in total. The average Bonchev–Trinajstić information content (AvgIpc) is 2.81. The summed E-state index contributed by atoms with van der Waals surface area (Å²) in [5.74, 6) is -3.44. The van der Waals surface area contributed by atoms with Crippen LogP contribution >= 0.6 is 0 Å². The van der Waals surface area contributed by atoms with Crippen LogP contribution < -0.4 is 5.32 Å². The van der Waals surface area contributed by atoms with Crippen molar-refractivity contribution in [3.63, 3.8) is 0 Å². The number of carboxylic acids is 1. The molecule has 20 heavy (non-hydrogen) atoms. The van der Waals surface area contributed by atoms with Gasteiger partial charge in [-0.1, -0.05) is 0 Å². The lowest BCUT2D eigenvalue weighted by Gasteiger charge is -2.08. The Labute approximate surface area is 112 Å². The van der Waals surface area contributed by atoms with Crippen molar-refractivity contribution in [2.24, 2.45) is 0 Å². The van der Waals surface area contributed by atoms with Gasteiger partial charge in [-0.3, -0.25) is 4.79 Å². The number of carbonyl (C=O) groups excluding carboxylic acids is 1. The maximum atomic E-state index is 13.3. The minimum atomic E-state index is -1.17. The van der Waals surface area contributed by atoms with E-state index in [1.165, 1.54) is 22.9 Å². The Hall–Kier alpha value is -2.70. The summed E-state index contributed by atoms with van der Waals surface area (Å²) < 4.78 is 27.3. The molecule has 0 radical (unpaired) electrons. The van der Waals surface area contributed by atoms with E-state index in [9.17, 15) is 18.4 Å². The van der Waals surface area contributed by atoms with Crippen LogP contribution in [0.15, 0.2) is 36.5 Å². The van der Waals surface area contributed by atoms with Gasteiger partial charge in [0.05, 0.1) is 5.69 Å². The summed E-state index contributed by atoms with van der Waals surface area (Å²) in [5.41, 5.74) is -0.222. The van der Waals surface area contributed by atoms with Gasteiger partial charge in [0.15, 0.2) is 0 Å². The summed E-state index contributed by atoms with van der Waals surface area (Å²) in [6.45, 7) is -0.286. The number of nitrogens with one attached hydrogen (secondary N) is 1. The van der Waals surface area contributed by atoms with Crippen LogP contribution in [-0.2, 0) is 11.3 Å². The predicted molar refractivity (Wildman–Crippen MR) is 66.4 cm³/mol. The van der Waals surface area contributed by atoms with Crippen LogP contribution in [0.25, 0.3) is 0 Å². The molecule has 0 unspecified atom stereocenters. The second kappa shape index (κ2) is 5.52. The number of aromatic nitrogens is 1. The standard InChI is InChI=1S/C13H10F2N2O3/c14-8-3-4-10(9(15)6-8)16-12(18)7-17-5-1-2-11(17)13(19)20/h1-6H,7H2,(H,16,18)(H,19,20). The molecule has 0 aliphatic rings. The van der Waals surface area contributed by atoms with Crippen molar-refractivity contribution in [2.75, 3.05) is 5.32 Å². The fourth-order valence-corrected chi connectivity index (χ4v) is 1.68. The average molecular weight is 280 g/mol. The molecule has 0 spiro atoms. The molecule has 0 aliphatic heterocycles.